The van der Waals surface area contributed by atoms with E-state index in [1.165, 1.54) is 12.1 Å². The van der Waals surface area contributed by atoms with Crippen molar-refractivity contribution in [1.29, 1.82) is 0 Å². The van der Waals surface area contributed by atoms with Gasteiger partial charge in [0.25, 0.3) is 5.89 Å². The van der Waals surface area contributed by atoms with Gasteiger partial charge in [-0.15, -0.1) is 10.2 Å². The van der Waals surface area contributed by atoms with E-state index < -0.39 is 0 Å². The molecule has 5 rings (SSSR count). The van der Waals surface area contributed by atoms with Gasteiger partial charge >= 0.3 is 0 Å². The van der Waals surface area contributed by atoms with Gasteiger partial charge in [-0.1, -0.05) is 18.2 Å². The molecule has 0 aliphatic rings. The van der Waals surface area contributed by atoms with Crippen molar-refractivity contribution in [2.24, 2.45) is 0 Å². The average Bonchev–Trinajstić information content (AvgIpc) is 3.25. The summed E-state index contributed by atoms with van der Waals surface area (Å²) in [4.78, 5) is 13.2. The SMILES string of the molecule is Oc1c(-c2nnc(Cc3ccc(F)cc3)o2)nc(-c2ccccn2)c2cccnc12. The zero-order chi connectivity index (χ0) is 20.5. The van der Waals surface area contributed by atoms with Gasteiger partial charge in [-0.3, -0.25) is 9.97 Å². The summed E-state index contributed by atoms with van der Waals surface area (Å²) in [6, 6.07) is 15.1. The van der Waals surface area contributed by atoms with Gasteiger partial charge in [0.15, 0.2) is 11.4 Å². The van der Waals surface area contributed by atoms with Gasteiger partial charge in [0, 0.05) is 17.8 Å². The van der Waals surface area contributed by atoms with Gasteiger partial charge in [0.05, 0.1) is 17.8 Å². The minimum absolute atomic E-state index is 0.0642. The first kappa shape index (κ1) is 17.9. The van der Waals surface area contributed by atoms with E-state index in [-0.39, 0.29) is 23.2 Å². The first-order valence-electron chi connectivity index (χ1n) is 9.15. The second kappa shape index (κ2) is 7.32. The monoisotopic (exact) mass is 399 g/mol. The van der Waals surface area contributed by atoms with Crippen molar-refractivity contribution >= 4 is 10.9 Å². The van der Waals surface area contributed by atoms with E-state index in [1.54, 1.807) is 30.6 Å². The highest BCUT2D eigenvalue weighted by Gasteiger charge is 2.21. The minimum atomic E-state index is -0.315. The van der Waals surface area contributed by atoms with E-state index in [4.69, 9.17) is 4.42 Å². The van der Waals surface area contributed by atoms with Gasteiger partial charge in [0.2, 0.25) is 5.89 Å². The van der Waals surface area contributed by atoms with Crippen molar-refractivity contribution in [2.75, 3.05) is 0 Å². The van der Waals surface area contributed by atoms with Crippen LogP contribution >= 0.6 is 0 Å². The van der Waals surface area contributed by atoms with E-state index in [9.17, 15) is 9.50 Å². The van der Waals surface area contributed by atoms with E-state index in [2.05, 4.69) is 25.1 Å². The molecule has 1 aromatic carbocycles. The Bertz CT molecular complexity index is 1340. The predicted molar refractivity (Wildman–Crippen MR) is 107 cm³/mol. The van der Waals surface area contributed by atoms with E-state index >= 15 is 0 Å². The van der Waals surface area contributed by atoms with Gasteiger partial charge in [-0.2, -0.15) is 0 Å². The lowest BCUT2D eigenvalue weighted by molar-refractivity contribution is 0.471. The number of hydrogen-bond acceptors (Lipinski definition) is 7. The summed E-state index contributed by atoms with van der Waals surface area (Å²) in [7, 11) is 0. The van der Waals surface area contributed by atoms with Crippen LogP contribution in [0.2, 0.25) is 0 Å². The highest BCUT2D eigenvalue weighted by molar-refractivity contribution is 5.97. The Morgan fingerprint density at radius 1 is 0.867 bits per heavy atom. The fourth-order valence-electron chi connectivity index (χ4n) is 3.17. The predicted octanol–water partition coefficient (Wildman–Crippen LogP) is 4.18. The molecule has 7 nitrogen and oxygen atoms in total. The molecule has 0 aliphatic heterocycles. The third-order valence-corrected chi connectivity index (χ3v) is 4.58. The van der Waals surface area contributed by atoms with Crippen LogP contribution in [0.25, 0.3) is 33.9 Å². The quantitative estimate of drug-likeness (QED) is 0.484. The van der Waals surface area contributed by atoms with Crippen LogP contribution in [0.3, 0.4) is 0 Å². The van der Waals surface area contributed by atoms with Crippen LogP contribution in [0, 0.1) is 5.82 Å². The molecule has 0 bridgehead atoms. The van der Waals surface area contributed by atoms with Crippen LogP contribution in [0.15, 0.2) is 71.4 Å². The molecule has 8 heteroatoms. The largest absolute Gasteiger partial charge is 0.504 e. The number of benzene rings is 1. The lowest BCUT2D eigenvalue weighted by Gasteiger charge is -2.09. The van der Waals surface area contributed by atoms with Crippen molar-refractivity contribution in [2.45, 2.75) is 6.42 Å². The van der Waals surface area contributed by atoms with Gasteiger partial charge in [0.1, 0.15) is 11.3 Å². The molecule has 30 heavy (non-hydrogen) atoms. The topological polar surface area (TPSA) is 97.8 Å². The zero-order valence-corrected chi connectivity index (χ0v) is 15.5. The number of aromatic nitrogens is 5. The Hall–Kier alpha value is -4.20. The first-order chi connectivity index (χ1) is 14.7. The molecule has 0 saturated heterocycles. The first-order valence-corrected chi connectivity index (χ1v) is 9.15. The average molecular weight is 399 g/mol. The Balaban J connectivity index is 1.60. The second-order valence-corrected chi connectivity index (χ2v) is 6.58. The van der Waals surface area contributed by atoms with Crippen LogP contribution in [0.4, 0.5) is 4.39 Å². The molecular weight excluding hydrogens is 385 g/mol. The van der Waals surface area contributed by atoms with Crippen molar-refractivity contribution < 1.29 is 13.9 Å². The Kier molecular flexibility index (Phi) is 4.36. The number of halogens is 1. The normalized spacial score (nSPS) is 11.1. The fourth-order valence-corrected chi connectivity index (χ4v) is 3.17. The van der Waals surface area contributed by atoms with Crippen molar-refractivity contribution in [3.8, 4) is 28.7 Å². The standard InChI is InChI=1S/C22H14FN5O2/c23-14-8-6-13(7-9-14)12-17-27-28-22(30-17)20-21(29)19-15(4-3-11-25-19)18(26-20)16-5-1-2-10-24-16/h1-11,29H,12H2. The van der Waals surface area contributed by atoms with Crippen LogP contribution in [0.1, 0.15) is 11.5 Å². The van der Waals surface area contributed by atoms with Crippen molar-refractivity contribution in [1.82, 2.24) is 25.1 Å². The number of hydrogen-bond donors (Lipinski definition) is 1. The summed E-state index contributed by atoms with van der Waals surface area (Å²) in [6.07, 6.45) is 3.58. The molecule has 0 amide bonds. The highest BCUT2D eigenvalue weighted by Crippen LogP contribution is 2.37. The summed E-state index contributed by atoms with van der Waals surface area (Å²) in [6.45, 7) is 0. The van der Waals surface area contributed by atoms with Crippen LogP contribution in [-0.4, -0.2) is 30.3 Å². The lowest BCUT2D eigenvalue weighted by Crippen LogP contribution is -1.95. The number of aromatic hydroxyl groups is 1. The molecule has 0 spiro atoms. The molecule has 0 aliphatic carbocycles. The molecule has 4 aromatic heterocycles. The number of nitrogens with zero attached hydrogens (tertiary/aromatic N) is 5. The summed E-state index contributed by atoms with van der Waals surface area (Å²) in [5.74, 6) is -0.0836. The third-order valence-electron chi connectivity index (χ3n) is 4.58. The molecular formula is C22H14FN5O2. The van der Waals surface area contributed by atoms with Gasteiger partial charge < -0.3 is 9.52 Å². The molecule has 0 saturated carbocycles. The summed E-state index contributed by atoms with van der Waals surface area (Å²) in [5.41, 5.74) is 2.48. The van der Waals surface area contributed by atoms with E-state index in [1.807, 2.05) is 24.3 Å². The van der Waals surface area contributed by atoms with Gasteiger partial charge in [-0.25, -0.2) is 9.37 Å². The summed E-state index contributed by atoms with van der Waals surface area (Å²) >= 11 is 0. The van der Waals surface area contributed by atoms with Crippen LogP contribution < -0.4 is 0 Å². The van der Waals surface area contributed by atoms with E-state index in [0.29, 0.717) is 34.6 Å². The molecule has 1 N–H and O–H groups in total. The number of rotatable bonds is 4. The Morgan fingerprint density at radius 2 is 1.70 bits per heavy atom. The molecule has 146 valence electrons. The summed E-state index contributed by atoms with van der Waals surface area (Å²) < 4.78 is 18.8. The third kappa shape index (κ3) is 3.24. The molecule has 5 aromatic rings. The fraction of sp³-hybridized carbons (Fsp3) is 0.0455. The van der Waals surface area contributed by atoms with Crippen molar-refractivity contribution in [3.63, 3.8) is 0 Å². The Morgan fingerprint density at radius 3 is 2.50 bits per heavy atom. The molecule has 0 atom stereocenters. The molecule has 0 fully saturated rings. The molecule has 4 heterocycles. The Labute approximate surface area is 169 Å². The van der Waals surface area contributed by atoms with E-state index in [0.717, 1.165) is 5.56 Å². The highest BCUT2D eigenvalue weighted by atomic mass is 19.1. The maximum atomic E-state index is 13.1. The smallest absolute Gasteiger partial charge is 0.270 e. The number of pyridine rings is 3. The second-order valence-electron chi connectivity index (χ2n) is 6.58. The summed E-state index contributed by atoms with van der Waals surface area (Å²) in [5, 5.41) is 19.5. The maximum absolute atomic E-state index is 13.1. The zero-order valence-electron chi connectivity index (χ0n) is 15.5. The number of fused-ring (bicyclic) bond motifs is 1. The molecule has 0 unspecified atom stereocenters. The lowest BCUT2D eigenvalue weighted by atomic mass is 10.1. The maximum Gasteiger partial charge on any atom is 0.270 e. The van der Waals surface area contributed by atoms with Crippen LogP contribution in [0.5, 0.6) is 5.75 Å². The van der Waals surface area contributed by atoms with Crippen molar-refractivity contribution in [3.05, 3.63) is 84.3 Å². The van der Waals surface area contributed by atoms with Crippen LogP contribution in [-0.2, 0) is 6.42 Å². The van der Waals surface area contributed by atoms with Gasteiger partial charge in [-0.05, 0) is 42.0 Å². The molecule has 0 radical (unpaired) electrons. The minimum Gasteiger partial charge on any atom is -0.504 e.